The van der Waals surface area contributed by atoms with Crippen molar-refractivity contribution in [1.82, 2.24) is 9.88 Å². The van der Waals surface area contributed by atoms with Crippen LogP contribution >= 0.6 is 0 Å². The van der Waals surface area contributed by atoms with Gasteiger partial charge in [-0.25, -0.2) is 0 Å². The zero-order valence-electron chi connectivity index (χ0n) is 22.6. The molecular formula is C33H35N3O4. The van der Waals surface area contributed by atoms with Crippen LogP contribution in [0.2, 0.25) is 0 Å². The van der Waals surface area contributed by atoms with Crippen LogP contribution < -0.4 is 5.32 Å². The predicted octanol–water partition coefficient (Wildman–Crippen LogP) is 5.55. The molecule has 0 aliphatic carbocycles. The van der Waals surface area contributed by atoms with Gasteiger partial charge in [0.25, 0.3) is 5.91 Å². The molecule has 0 radical (unpaired) electrons. The highest BCUT2D eigenvalue weighted by molar-refractivity contribution is 6.04. The molecule has 7 nitrogen and oxygen atoms in total. The number of hydrogen-bond donors (Lipinski definition) is 2. The fourth-order valence-electron chi connectivity index (χ4n) is 4.88. The molecule has 0 saturated carbocycles. The number of benzene rings is 3. The van der Waals surface area contributed by atoms with Gasteiger partial charge in [0, 0.05) is 54.6 Å². The molecule has 1 saturated heterocycles. The molecule has 1 fully saturated rings. The largest absolute Gasteiger partial charge is 0.392 e. The average Bonchev–Trinajstić information content (AvgIpc) is 3.01. The van der Waals surface area contributed by atoms with E-state index >= 15 is 0 Å². The number of carbonyl (C=O) groups is 1. The molecule has 0 bridgehead atoms. The Kier molecular flexibility index (Phi) is 9.31. The van der Waals surface area contributed by atoms with E-state index in [2.05, 4.69) is 22.2 Å². The van der Waals surface area contributed by atoms with Crippen molar-refractivity contribution < 1.29 is 19.4 Å². The first-order valence-corrected chi connectivity index (χ1v) is 13.6. The summed E-state index contributed by atoms with van der Waals surface area (Å²) in [5, 5.41) is 12.5. The minimum Gasteiger partial charge on any atom is -0.392 e. The Morgan fingerprint density at radius 2 is 1.75 bits per heavy atom. The summed E-state index contributed by atoms with van der Waals surface area (Å²) < 4.78 is 13.0. The summed E-state index contributed by atoms with van der Waals surface area (Å²) in [5.41, 5.74) is 5.08. The van der Waals surface area contributed by atoms with Gasteiger partial charge in [-0.2, -0.15) is 0 Å². The van der Waals surface area contributed by atoms with Gasteiger partial charge in [-0.15, -0.1) is 0 Å². The van der Waals surface area contributed by atoms with Crippen molar-refractivity contribution in [1.29, 1.82) is 0 Å². The van der Waals surface area contributed by atoms with Gasteiger partial charge in [0.15, 0.2) is 6.29 Å². The van der Waals surface area contributed by atoms with Crippen LogP contribution in [0, 0.1) is 0 Å². The molecule has 7 heteroatoms. The lowest BCUT2D eigenvalue weighted by Crippen LogP contribution is -2.38. The van der Waals surface area contributed by atoms with E-state index in [1.807, 2.05) is 91.1 Å². The van der Waals surface area contributed by atoms with Crippen molar-refractivity contribution in [3.8, 4) is 0 Å². The number of hydrogen-bond acceptors (Lipinski definition) is 6. The average molecular weight is 538 g/mol. The Hall–Kier alpha value is -3.88. The molecule has 1 aliphatic heterocycles. The Labute approximate surface area is 235 Å². The Bertz CT molecular complexity index is 1370. The van der Waals surface area contributed by atoms with E-state index in [-0.39, 0.29) is 24.7 Å². The third kappa shape index (κ3) is 7.40. The fraction of sp³-hybridized carbons (Fsp3) is 0.273. The van der Waals surface area contributed by atoms with Crippen LogP contribution in [-0.2, 0) is 22.5 Å². The molecule has 1 aromatic heterocycles. The summed E-state index contributed by atoms with van der Waals surface area (Å²) in [4.78, 5) is 19.4. The zero-order valence-corrected chi connectivity index (χ0v) is 22.6. The van der Waals surface area contributed by atoms with Gasteiger partial charge in [-0.05, 0) is 54.6 Å². The Morgan fingerprint density at radius 1 is 0.950 bits per heavy atom. The number of rotatable bonds is 10. The lowest BCUT2D eigenvalue weighted by Gasteiger charge is -2.38. The molecule has 4 aromatic rings. The summed E-state index contributed by atoms with van der Waals surface area (Å²) >= 11 is 0. The monoisotopic (exact) mass is 537 g/mol. The van der Waals surface area contributed by atoms with E-state index in [4.69, 9.17) is 9.47 Å². The zero-order chi connectivity index (χ0) is 27.7. The molecule has 0 unspecified atom stereocenters. The second-order valence-electron chi connectivity index (χ2n) is 10.1. The van der Waals surface area contributed by atoms with Crippen LogP contribution in [0.1, 0.15) is 51.6 Å². The van der Waals surface area contributed by atoms with Gasteiger partial charge >= 0.3 is 0 Å². The highest BCUT2D eigenvalue weighted by Gasteiger charge is 2.33. The van der Waals surface area contributed by atoms with Crippen LogP contribution in [-0.4, -0.2) is 47.1 Å². The van der Waals surface area contributed by atoms with E-state index in [1.54, 1.807) is 12.1 Å². The standard InChI is InChI=1S/C33H35N3O4/c1-36(19-17-28-11-5-6-18-34-28)22-30-21-31(25-15-13-24(23-37)14-16-25)40-33(39-30)27-10-7-12-29(20-27)35-32(38)26-8-3-2-4-9-26/h2-16,18,20,30-31,33,37H,17,19,21-23H2,1H3,(H,35,38)/t30-,31+,33+/m1/s1. The Morgan fingerprint density at radius 3 is 2.50 bits per heavy atom. The van der Waals surface area contributed by atoms with Crippen molar-refractivity contribution in [2.45, 2.75) is 37.9 Å². The van der Waals surface area contributed by atoms with Crippen LogP contribution in [0.15, 0.2) is 103 Å². The van der Waals surface area contributed by atoms with Gasteiger partial charge in [0.1, 0.15) is 0 Å². The molecule has 2 heterocycles. The summed E-state index contributed by atoms with van der Waals surface area (Å²) in [6.45, 7) is 1.60. The van der Waals surface area contributed by atoms with Crippen LogP contribution in [0.3, 0.4) is 0 Å². The van der Waals surface area contributed by atoms with E-state index in [1.165, 1.54) is 0 Å². The molecule has 1 amide bonds. The molecule has 2 N–H and O–H groups in total. The van der Waals surface area contributed by atoms with Gasteiger partial charge < -0.3 is 24.8 Å². The molecule has 0 spiro atoms. The minimum absolute atomic E-state index is 0.00270. The molecule has 3 aromatic carbocycles. The number of ether oxygens (including phenoxy) is 2. The third-order valence-electron chi connectivity index (χ3n) is 7.06. The van der Waals surface area contributed by atoms with Crippen molar-refractivity contribution in [3.05, 3.63) is 131 Å². The number of carbonyl (C=O) groups excluding carboxylic acids is 1. The quantitative estimate of drug-likeness (QED) is 0.276. The summed E-state index contributed by atoms with van der Waals surface area (Å²) in [6, 6.07) is 30.6. The molecule has 1 aliphatic rings. The summed E-state index contributed by atoms with van der Waals surface area (Å²) in [6.07, 6.45) is 2.54. The number of aromatic nitrogens is 1. The maximum absolute atomic E-state index is 12.7. The summed E-state index contributed by atoms with van der Waals surface area (Å²) in [7, 11) is 2.10. The first-order valence-electron chi connectivity index (χ1n) is 13.6. The number of amides is 1. The number of pyridine rings is 1. The van der Waals surface area contributed by atoms with Crippen LogP contribution in [0.5, 0.6) is 0 Å². The molecule has 206 valence electrons. The predicted molar refractivity (Wildman–Crippen MR) is 155 cm³/mol. The number of aliphatic hydroxyl groups excluding tert-OH is 1. The van der Waals surface area contributed by atoms with Gasteiger partial charge in [-0.1, -0.05) is 60.7 Å². The van der Waals surface area contributed by atoms with Crippen molar-refractivity contribution >= 4 is 11.6 Å². The lowest BCUT2D eigenvalue weighted by atomic mass is 9.99. The SMILES string of the molecule is CN(CCc1ccccn1)C[C@H]1C[C@@H](c2ccc(CO)cc2)O[C@@H](c2cccc(NC(=O)c3ccccc3)c2)O1. The number of nitrogens with zero attached hydrogens (tertiary/aromatic N) is 2. The third-order valence-corrected chi connectivity index (χ3v) is 7.06. The maximum atomic E-state index is 12.7. The second kappa shape index (κ2) is 13.5. The molecule has 3 atom stereocenters. The van der Waals surface area contributed by atoms with Crippen molar-refractivity contribution in [3.63, 3.8) is 0 Å². The normalized spacial score (nSPS) is 18.9. The number of likely N-dealkylation sites (N-methyl/N-ethyl adjacent to an activating group) is 1. The first kappa shape index (κ1) is 27.7. The van der Waals surface area contributed by atoms with E-state index in [9.17, 15) is 9.90 Å². The lowest BCUT2D eigenvalue weighted by molar-refractivity contribution is -0.252. The van der Waals surface area contributed by atoms with Crippen molar-refractivity contribution in [2.75, 3.05) is 25.5 Å². The van der Waals surface area contributed by atoms with Gasteiger partial charge in [0.2, 0.25) is 0 Å². The smallest absolute Gasteiger partial charge is 0.255 e. The first-order chi connectivity index (χ1) is 19.6. The van der Waals surface area contributed by atoms with Crippen LogP contribution in [0.4, 0.5) is 5.69 Å². The minimum atomic E-state index is -0.598. The van der Waals surface area contributed by atoms with Gasteiger partial charge in [0.05, 0.1) is 18.8 Å². The summed E-state index contributed by atoms with van der Waals surface area (Å²) in [5.74, 6) is -0.169. The fourth-order valence-corrected chi connectivity index (χ4v) is 4.88. The van der Waals surface area contributed by atoms with E-state index in [0.29, 0.717) is 17.7 Å². The molecule has 5 rings (SSSR count). The number of nitrogens with one attached hydrogen (secondary N) is 1. The van der Waals surface area contributed by atoms with E-state index in [0.717, 1.165) is 41.9 Å². The highest BCUT2D eigenvalue weighted by Crippen LogP contribution is 2.38. The van der Waals surface area contributed by atoms with Crippen molar-refractivity contribution in [2.24, 2.45) is 0 Å². The Balaban J connectivity index is 1.31. The number of aliphatic hydroxyl groups is 1. The van der Waals surface area contributed by atoms with Gasteiger partial charge in [-0.3, -0.25) is 9.78 Å². The highest BCUT2D eigenvalue weighted by atomic mass is 16.7. The maximum Gasteiger partial charge on any atom is 0.255 e. The second-order valence-corrected chi connectivity index (χ2v) is 10.1. The topological polar surface area (TPSA) is 83.9 Å². The number of anilines is 1. The molecule has 40 heavy (non-hydrogen) atoms. The van der Waals surface area contributed by atoms with Crippen LogP contribution in [0.25, 0.3) is 0 Å². The van der Waals surface area contributed by atoms with E-state index < -0.39 is 6.29 Å². The molecular weight excluding hydrogens is 502 g/mol.